The molecule has 0 bridgehead atoms. The molecular formula is C24H16. The van der Waals surface area contributed by atoms with Gasteiger partial charge in [0.1, 0.15) is 0 Å². The minimum Gasteiger partial charge on any atom is -0.0696 e. The molecule has 0 aromatic heterocycles. The van der Waals surface area contributed by atoms with Crippen LogP contribution in [0.15, 0.2) is 91.0 Å². The fourth-order valence-electron chi connectivity index (χ4n) is 2.90. The van der Waals surface area contributed by atoms with Gasteiger partial charge < -0.3 is 0 Å². The maximum Gasteiger partial charge on any atom is 0.0327 e. The van der Waals surface area contributed by atoms with E-state index in [9.17, 15) is 0 Å². The van der Waals surface area contributed by atoms with Crippen molar-refractivity contribution in [2.24, 2.45) is 0 Å². The molecule has 24 heavy (non-hydrogen) atoms. The van der Waals surface area contributed by atoms with Crippen LogP contribution in [0.1, 0.15) is 11.1 Å². The summed E-state index contributed by atoms with van der Waals surface area (Å²) in [4.78, 5) is 0. The molecular weight excluding hydrogens is 288 g/mol. The molecule has 4 rings (SSSR count). The minimum atomic E-state index is 1.07. The minimum absolute atomic E-state index is 1.07. The van der Waals surface area contributed by atoms with E-state index in [0.717, 1.165) is 5.56 Å². The molecule has 4 aromatic carbocycles. The van der Waals surface area contributed by atoms with Gasteiger partial charge in [-0.3, -0.25) is 0 Å². The zero-order valence-corrected chi connectivity index (χ0v) is 13.2. The Morgan fingerprint density at radius 2 is 1.38 bits per heavy atom. The van der Waals surface area contributed by atoms with Crippen molar-refractivity contribution in [3.05, 3.63) is 102 Å². The number of rotatable bonds is 1. The van der Waals surface area contributed by atoms with E-state index in [1.165, 1.54) is 27.1 Å². The number of allylic oxidation sites excluding steroid dienone is 1. The molecule has 0 N–H and O–H groups in total. The summed E-state index contributed by atoms with van der Waals surface area (Å²) in [5.41, 5.74) is 2.23. The molecule has 0 amide bonds. The first-order valence-electron chi connectivity index (χ1n) is 8.05. The Morgan fingerprint density at radius 1 is 0.625 bits per heavy atom. The van der Waals surface area contributed by atoms with Crippen LogP contribution in [0.4, 0.5) is 0 Å². The van der Waals surface area contributed by atoms with Crippen molar-refractivity contribution in [3.63, 3.8) is 0 Å². The number of hydrogen-bond donors (Lipinski definition) is 0. The van der Waals surface area contributed by atoms with Crippen LogP contribution in [-0.4, -0.2) is 0 Å². The Morgan fingerprint density at radius 3 is 2.29 bits per heavy atom. The fraction of sp³-hybridized carbons (Fsp3) is 0. The van der Waals surface area contributed by atoms with E-state index in [2.05, 4.69) is 103 Å². The first kappa shape index (κ1) is 14.3. The summed E-state index contributed by atoms with van der Waals surface area (Å²) in [6, 6.07) is 29.4. The van der Waals surface area contributed by atoms with Gasteiger partial charge >= 0.3 is 0 Å². The van der Waals surface area contributed by atoms with Crippen LogP contribution in [0.5, 0.6) is 0 Å². The predicted octanol–water partition coefficient (Wildman–Crippen LogP) is 6.06. The van der Waals surface area contributed by atoms with Crippen molar-refractivity contribution in [3.8, 4) is 11.8 Å². The van der Waals surface area contributed by atoms with E-state index in [1.54, 1.807) is 0 Å². The van der Waals surface area contributed by atoms with Crippen LogP contribution >= 0.6 is 0 Å². The monoisotopic (exact) mass is 304 g/mol. The van der Waals surface area contributed by atoms with Crippen LogP contribution in [0.2, 0.25) is 0 Å². The van der Waals surface area contributed by atoms with Gasteiger partial charge in [0.2, 0.25) is 0 Å². The van der Waals surface area contributed by atoms with Crippen LogP contribution in [0, 0.1) is 11.8 Å². The largest absolute Gasteiger partial charge is 0.0696 e. The highest BCUT2D eigenvalue weighted by Gasteiger charge is 1.95. The third-order valence-corrected chi connectivity index (χ3v) is 4.13. The molecule has 0 saturated carbocycles. The van der Waals surface area contributed by atoms with E-state index in [0.29, 0.717) is 0 Å². The van der Waals surface area contributed by atoms with Gasteiger partial charge in [-0.25, -0.2) is 0 Å². The van der Waals surface area contributed by atoms with Gasteiger partial charge in [0, 0.05) is 5.56 Å². The Bertz CT molecular complexity index is 1100. The summed E-state index contributed by atoms with van der Waals surface area (Å²) in [6.45, 7) is 0. The zero-order chi connectivity index (χ0) is 16.2. The molecule has 0 aliphatic heterocycles. The van der Waals surface area contributed by atoms with Crippen LogP contribution in [-0.2, 0) is 0 Å². The van der Waals surface area contributed by atoms with E-state index in [4.69, 9.17) is 0 Å². The molecule has 0 fully saturated rings. The average Bonchev–Trinajstić information content (AvgIpc) is 2.65. The van der Waals surface area contributed by atoms with Crippen molar-refractivity contribution in [2.45, 2.75) is 0 Å². The Balaban J connectivity index is 1.62. The Labute approximate surface area is 142 Å². The molecule has 0 atom stereocenters. The maximum absolute atomic E-state index is 3.26. The van der Waals surface area contributed by atoms with E-state index in [1.807, 2.05) is 6.08 Å². The molecule has 0 nitrogen and oxygen atoms in total. The molecule has 4 aromatic rings. The number of hydrogen-bond acceptors (Lipinski definition) is 0. The first-order chi connectivity index (χ1) is 11.9. The summed E-state index contributed by atoms with van der Waals surface area (Å²) in [5.74, 6) is 6.42. The highest BCUT2D eigenvalue weighted by molar-refractivity contribution is 5.88. The van der Waals surface area contributed by atoms with Gasteiger partial charge in [0.15, 0.2) is 0 Å². The second kappa shape index (κ2) is 6.44. The molecule has 0 spiro atoms. The van der Waals surface area contributed by atoms with Crippen molar-refractivity contribution >= 4 is 27.6 Å². The third-order valence-electron chi connectivity index (χ3n) is 4.13. The molecule has 0 heteroatoms. The van der Waals surface area contributed by atoms with Crippen LogP contribution < -0.4 is 0 Å². The lowest BCUT2D eigenvalue weighted by atomic mass is 10.0. The highest BCUT2D eigenvalue weighted by Crippen LogP contribution is 2.18. The zero-order valence-electron chi connectivity index (χ0n) is 13.2. The first-order valence-corrected chi connectivity index (χ1v) is 8.05. The van der Waals surface area contributed by atoms with Crippen LogP contribution in [0.25, 0.3) is 27.6 Å². The number of benzene rings is 4. The fourth-order valence-corrected chi connectivity index (χ4v) is 2.90. The lowest BCUT2D eigenvalue weighted by molar-refractivity contribution is 1.70. The van der Waals surface area contributed by atoms with Crippen molar-refractivity contribution < 1.29 is 0 Å². The molecule has 0 aliphatic rings. The summed E-state index contributed by atoms with van der Waals surface area (Å²) in [6.07, 6.45) is 3.98. The van der Waals surface area contributed by atoms with Crippen LogP contribution in [0.3, 0.4) is 0 Å². The highest BCUT2D eigenvalue weighted by atomic mass is 14.0. The second-order valence-electron chi connectivity index (χ2n) is 5.74. The van der Waals surface area contributed by atoms with Gasteiger partial charge in [0.25, 0.3) is 0 Å². The predicted molar refractivity (Wildman–Crippen MR) is 104 cm³/mol. The Kier molecular flexibility index (Phi) is 3.84. The van der Waals surface area contributed by atoms with Gasteiger partial charge in [-0.1, -0.05) is 84.6 Å². The maximum atomic E-state index is 3.26. The van der Waals surface area contributed by atoms with Crippen molar-refractivity contribution in [1.82, 2.24) is 0 Å². The van der Waals surface area contributed by atoms with Crippen molar-refractivity contribution in [2.75, 3.05) is 0 Å². The number of fused-ring (bicyclic) bond motifs is 2. The third kappa shape index (κ3) is 2.93. The molecule has 0 heterocycles. The molecule has 112 valence electrons. The summed E-state index contributed by atoms with van der Waals surface area (Å²) < 4.78 is 0. The van der Waals surface area contributed by atoms with Gasteiger partial charge in [0.05, 0.1) is 0 Å². The van der Waals surface area contributed by atoms with E-state index in [-0.39, 0.29) is 0 Å². The SMILES string of the molecule is C(#Cc1cccc2ccccc12)C=Cc1ccc2ccccc2c1. The normalized spacial score (nSPS) is 10.8. The molecule has 0 unspecified atom stereocenters. The lowest BCUT2D eigenvalue weighted by Crippen LogP contribution is -1.78. The molecule has 0 aliphatic carbocycles. The van der Waals surface area contributed by atoms with Gasteiger partial charge in [-0.2, -0.15) is 0 Å². The standard InChI is InChI=1S/C24H16/c1(8-19-16-17-20-9-3-4-12-23(20)18-19)2-10-21-13-7-14-22-11-5-6-15-24(21)22/h1,3-9,11-18H. The summed E-state index contributed by atoms with van der Waals surface area (Å²) in [5, 5.41) is 4.94. The topological polar surface area (TPSA) is 0 Å². The molecule has 0 radical (unpaired) electrons. The lowest BCUT2D eigenvalue weighted by Gasteiger charge is -1.99. The van der Waals surface area contributed by atoms with Gasteiger partial charge in [-0.05, 0) is 51.4 Å². The van der Waals surface area contributed by atoms with Gasteiger partial charge in [-0.15, -0.1) is 0 Å². The van der Waals surface area contributed by atoms with E-state index < -0.39 is 0 Å². The summed E-state index contributed by atoms with van der Waals surface area (Å²) in [7, 11) is 0. The summed E-state index contributed by atoms with van der Waals surface area (Å²) >= 11 is 0. The van der Waals surface area contributed by atoms with Crippen molar-refractivity contribution in [1.29, 1.82) is 0 Å². The second-order valence-corrected chi connectivity index (χ2v) is 5.74. The molecule has 0 saturated heterocycles. The smallest absolute Gasteiger partial charge is 0.0327 e. The Hall–Kier alpha value is -3.30. The average molecular weight is 304 g/mol. The quantitative estimate of drug-likeness (QED) is 0.375. The van der Waals surface area contributed by atoms with E-state index >= 15 is 0 Å².